The number of rotatable bonds is 4. The van der Waals surface area contributed by atoms with Crippen molar-refractivity contribution in [1.29, 1.82) is 0 Å². The summed E-state index contributed by atoms with van der Waals surface area (Å²) in [6, 6.07) is 2.10. The SMILES string of the molecule is CC(C)Cc1cc2c(N3CCn4c(nnc4C(F)(F)F)C3)nc(N3CCC(O)C3)nc2s1. The van der Waals surface area contributed by atoms with Crippen molar-refractivity contribution in [2.75, 3.05) is 29.4 Å². The van der Waals surface area contributed by atoms with Crippen molar-refractivity contribution < 1.29 is 18.3 Å². The molecule has 0 aliphatic carbocycles. The van der Waals surface area contributed by atoms with E-state index in [0.29, 0.717) is 43.7 Å². The van der Waals surface area contributed by atoms with Gasteiger partial charge in [0, 0.05) is 31.1 Å². The summed E-state index contributed by atoms with van der Waals surface area (Å²) in [6.45, 7) is 6.12. The van der Waals surface area contributed by atoms with Crippen LogP contribution in [-0.2, 0) is 25.7 Å². The third-order valence-corrected chi connectivity index (χ3v) is 6.83. The van der Waals surface area contributed by atoms with Gasteiger partial charge < -0.3 is 19.5 Å². The average molecular weight is 468 g/mol. The number of fused-ring (bicyclic) bond motifs is 2. The molecule has 3 aromatic heterocycles. The van der Waals surface area contributed by atoms with E-state index in [4.69, 9.17) is 9.97 Å². The summed E-state index contributed by atoms with van der Waals surface area (Å²) in [5.41, 5.74) is 0. The standard InChI is InChI=1S/C20H24F3N7OS/c1-11(2)7-13-8-14-16(24-19(25-17(14)32-13)29-4-3-12(31)9-29)28-5-6-30-15(10-28)26-27-18(30)20(21,22)23/h8,11-12,31H,3-7,9-10H2,1-2H3. The molecule has 32 heavy (non-hydrogen) atoms. The van der Waals surface area contributed by atoms with Gasteiger partial charge >= 0.3 is 6.18 Å². The van der Waals surface area contributed by atoms with Gasteiger partial charge in [0.15, 0.2) is 5.82 Å². The number of nitrogens with zero attached hydrogens (tertiary/aromatic N) is 7. The number of anilines is 2. The number of aromatic nitrogens is 5. The third-order valence-electron chi connectivity index (χ3n) is 5.77. The zero-order valence-electron chi connectivity index (χ0n) is 17.8. The molecule has 1 saturated heterocycles. The molecule has 3 aromatic rings. The molecule has 1 N–H and O–H groups in total. The molecule has 0 amide bonds. The van der Waals surface area contributed by atoms with Gasteiger partial charge in [0.25, 0.3) is 0 Å². The minimum atomic E-state index is -4.53. The van der Waals surface area contributed by atoms with Crippen LogP contribution in [0, 0.1) is 5.92 Å². The number of hydrogen-bond donors (Lipinski definition) is 1. The van der Waals surface area contributed by atoms with Gasteiger partial charge in [-0.3, -0.25) is 0 Å². The zero-order chi connectivity index (χ0) is 22.6. The molecule has 1 atom stereocenters. The molecule has 5 heterocycles. The van der Waals surface area contributed by atoms with Crippen molar-refractivity contribution in [3.05, 3.63) is 22.6 Å². The van der Waals surface area contributed by atoms with Gasteiger partial charge in [-0.1, -0.05) is 13.8 Å². The Kier molecular flexibility index (Phi) is 5.24. The number of aliphatic hydroxyl groups excluding tert-OH is 1. The quantitative estimate of drug-likeness (QED) is 0.631. The Morgan fingerprint density at radius 1 is 1.16 bits per heavy atom. The van der Waals surface area contributed by atoms with E-state index < -0.39 is 18.1 Å². The van der Waals surface area contributed by atoms with Crippen molar-refractivity contribution in [3.63, 3.8) is 0 Å². The fourth-order valence-electron chi connectivity index (χ4n) is 4.30. The second-order valence-electron chi connectivity index (χ2n) is 8.78. The molecule has 0 aromatic carbocycles. The first-order valence-corrected chi connectivity index (χ1v) is 11.5. The first-order chi connectivity index (χ1) is 15.2. The molecule has 1 unspecified atom stereocenters. The third kappa shape index (κ3) is 3.90. The van der Waals surface area contributed by atoms with E-state index in [-0.39, 0.29) is 18.9 Å². The second-order valence-corrected chi connectivity index (χ2v) is 9.89. The Labute approximate surface area is 186 Å². The molecular weight excluding hydrogens is 443 g/mol. The number of hydrogen-bond acceptors (Lipinski definition) is 8. The van der Waals surface area contributed by atoms with Crippen LogP contribution in [-0.4, -0.2) is 55.6 Å². The summed E-state index contributed by atoms with van der Waals surface area (Å²) in [5, 5.41) is 18.0. The number of aliphatic hydroxyl groups is 1. The maximum Gasteiger partial charge on any atom is 0.451 e. The molecule has 2 aliphatic heterocycles. The lowest BCUT2D eigenvalue weighted by Crippen LogP contribution is -2.36. The lowest BCUT2D eigenvalue weighted by atomic mass is 10.1. The van der Waals surface area contributed by atoms with Gasteiger partial charge in [-0.15, -0.1) is 21.5 Å². The highest BCUT2D eigenvalue weighted by Crippen LogP contribution is 2.36. The summed E-state index contributed by atoms with van der Waals surface area (Å²) in [7, 11) is 0. The molecule has 2 aliphatic rings. The molecule has 8 nitrogen and oxygen atoms in total. The summed E-state index contributed by atoms with van der Waals surface area (Å²) >= 11 is 1.62. The topological polar surface area (TPSA) is 83.2 Å². The van der Waals surface area contributed by atoms with Gasteiger partial charge in [-0.2, -0.15) is 18.2 Å². The maximum absolute atomic E-state index is 13.2. The predicted octanol–water partition coefficient (Wildman–Crippen LogP) is 3.09. The zero-order valence-corrected chi connectivity index (χ0v) is 18.6. The fourth-order valence-corrected chi connectivity index (χ4v) is 5.53. The van der Waals surface area contributed by atoms with Crippen LogP contribution in [0.1, 0.15) is 36.8 Å². The van der Waals surface area contributed by atoms with E-state index >= 15 is 0 Å². The van der Waals surface area contributed by atoms with Crippen molar-refractivity contribution in [2.24, 2.45) is 5.92 Å². The lowest BCUT2D eigenvalue weighted by Gasteiger charge is -2.30. The Balaban J connectivity index is 1.54. The van der Waals surface area contributed by atoms with Crippen LogP contribution in [0.25, 0.3) is 10.2 Å². The predicted molar refractivity (Wildman–Crippen MR) is 115 cm³/mol. The smallest absolute Gasteiger partial charge is 0.391 e. The Morgan fingerprint density at radius 2 is 1.97 bits per heavy atom. The Hall–Kier alpha value is -2.47. The minimum absolute atomic E-state index is 0.128. The molecule has 0 bridgehead atoms. The number of alkyl halides is 3. The lowest BCUT2D eigenvalue weighted by molar-refractivity contribution is -0.147. The van der Waals surface area contributed by atoms with Gasteiger partial charge in [-0.25, -0.2) is 4.98 Å². The first kappa shape index (κ1) is 21.4. The maximum atomic E-state index is 13.2. The molecule has 12 heteroatoms. The van der Waals surface area contributed by atoms with Crippen molar-refractivity contribution in [1.82, 2.24) is 24.7 Å². The number of thiophene rings is 1. The molecule has 0 radical (unpaired) electrons. The first-order valence-electron chi connectivity index (χ1n) is 10.7. The summed E-state index contributed by atoms with van der Waals surface area (Å²) in [4.78, 5) is 15.6. The highest BCUT2D eigenvalue weighted by Gasteiger charge is 2.40. The fraction of sp³-hybridized carbons (Fsp3) is 0.600. The van der Waals surface area contributed by atoms with E-state index in [0.717, 1.165) is 21.2 Å². The van der Waals surface area contributed by atoms with Crippen LogP contribution in [0.3, 0.4) is 0 Å². The summed E-state index contributed by atoms with van der Waals surface area (Å²) < 4.78 is 40.8. The van der Waals surface area contributed by atoms with Gasteiger partial charge in [-0.05, 0) is 24.8 Å². The van der Waals surface area contributed by atoms with Crippen molar-refractivity contribution in [2.45, 2.75) is 52.1 Å². The summed E-state index contributed by atoms with van der Waals surface area (Å²) in [5.74, 6) is 1.04. The number of β-amino-alcohol motifs (C(OH)–C–C–N with tert-alkyl or cyclic N) is 1. The number of halogens is 3. The van der Waals surface area contributed by atoms with Crippen LogP contribution >= 0.6 is 11.3 Å². The van der Waals surface area contributed by atoms with E-state index in [9.17, 15) is 18.3 Å². The normalized spacial score (nSPS) is 19.4. The minimum Gasteiger partial charge on any atom is -0.391 e. The molecule has 1 fully saturated rings. The Bertz CT molecular complexity index is 1140. The van der Waals surface area contributed by atoms with Crippen molar-refractivity contribution >= 4 is 33.3 Å². The summed E-state index contributed by atoms with van der Waals surface area (Å²) in [6.07, 6.45) is -3.36. The second kappa shape index (κ2) is 7.84. The van der Waals surface area contributed by atoms with Crippen LogP contribution in [0.2, 0.25) is 0 Å². The average Bonchev–Trinajstić information content (AvgIpc) is 3.42. The van der Waals surface area contributed by atoms with Crippen LogP contribution in [0.5, 0.6) is 0 Å². The van der Waals surface area contributed by atoms with E-state index in [1.165, 1.54) is 4.88 Å². The van der Waals surface area contributed by atoms with Crippen LogP contribution in [0.4, 0.5) is 24.9 Å². The molecular formula is C20H24F3N7OS. The monoisotopic (exact) mass is 467 g/mol. The van der Waals surface area contributed by atoms with E-state index in [1.54, 1.807) is 11.3 Å². The van der Waals surface area contributed by atoms with Gasteiger partial charge in [0.1, 0.15) is 10.6 Å². The Morgan fingerprint density at radius 3 is 2.66 bits per heavy atom. The molecule has 5 rings (SSSR count). The highest BCUT2D eigenvalue weighted by atomic mass is 32.1. The highest BCUT2D eigenvalue weighted by molar-refractivity contribution is 7.18. The van der Waals surface area contributed by atoms with Crippen LogP contribution < -0.4 is 9.80 Å². The van der Waals surface area contributed by atoms with Gasteiger partial charge in [0.05, 0.1) is 18.0 Å². The van der Waals surface area contributed by atoms with E-state index in [2.05, 4.69) is 30.1 Å². The van der Waals surface area contributed by atoms with Gasteiger partial charge in [0.2, 0.25) is 11.8 Å². The van der Waals surface area contributed by atoms with E-state index in [1.807, 2.05) is 9.80 Å². The van der Waals surface area contributed by atoms with Crippen molar-refractivity contribution in [3.8, 4) is 0 Å². The molecule has 172 valence electrons. The van der Waals surface area contributed by atoms with Crippen LogP contribution in [0.15, 0.2) is 6.07 Å². The largest absolute Gasteiger partial charge is 0.451 e. The molecule has 0 spiro atoms. The molecule has 0 saturated carbocycles.